The summed E-state index contributed by atoms with van der Waals surface area (Å²) < 4.78 is 0. The van der Waals surface area contributed by atoms with E-state index in [-0.39, 0.29) is 11.3 Å². The normalized spacial score (nSPS) is 23.2. The minimum Gasteiger partial charge on any atom is -0.352 e. The van der Waals surface area contributed by atoms with Crippen LogP contribution in [0.1, 0.15) is 33.6 Å². The highest BCUT2D eigenvalue weighted by Crippen LogP contribution is 2.19. The summed E-state index contributed by atoms with van der Waals surface area (Å²) >= 11 is 0. The fourth-order valence-corrected chi connectivity index (χ4v) is 1.32. The average molecular weight is 184 g/mol. The van der Waals surface area contributed by atoms with Crippen LogP contribution in [0.2, 0.25) is 0 Å². The Balaban J connectivity index is 2.39. The van der Waals surface area contributed by atoms with Crippen molar-refractivity contribution in [3.63, 3.8) is 0 Å². The number of amides is 1. The van der Waals surface area contributed by atoms with Crippen LogP contribution in [0.5, 0.6) is 0 Å². The van der Waals surface area contributed by atoms with Gasteiger partial charge in [-0.25, -0.2) is 0 Å². The smallest absolute Gasteiger partial charge is 0.225 e. The quantitative estimate of drug-likeness (QED) is 0.684. The van der Waals surface area contributed by atoms with Gasteiger partial charge in [-0.2, -0.15) is 0 Å². The molecule has 0 bridgehead atoms. The third kappa shape index (κ3) is 2.69. The van der Waals surface area contributed by atoms with Crippen molar-refractivity contribution >= 4 is 5.91 Å². The van der Waals surface area contributed by atoms with Gasteiger partial charge in [0.2, 0.25) is 5.91 Å². The molecule has 0 aromatic carbocycles. The molecular formula is C10H20N2O. The summed E-state index contributed by atoms with van der Waals surface area (Å²) in [4.78, 5) is 11.7. The lowest BCUT2D eigenvalue weighted by molar-refractivity contribution is -0.130. The Morgan fingerprint density at radius 1 is 1.62 bits per heavy atom. The van der Waals surface area contributed by atoms with Gasteiger partial charge in [0.15, 0.2) is 0 Å². The third-order valence-electron chi connectivity index (χ3n) is 2.89. The molecule has 3 nitrogen and oxygen atoms in total. The van der Waals surface area contributed by atoms with Crippen LogP contribution in [0.3, 0.4) is 0 Å². The first-order valence-electron chi connectivity index (χ1n) is 5.08. The monoisotopic (exact) mass is 184 g/mol. The van der Waals surface area contributed by atoms with Crippen LogP contribution >= 0.6 is 0 Å². The van der Waals surface area contributed by atoms with Gasteiger partial charge in [0.05, 0.1) is 0 Å². The molecule has 0 aromatic heterocycles. The minimum atomic E-state index is -0.220. The molecule has 3 heteroatoms. The van der Waals surface area contributed by atoms with Gasteiger partial charge < -0.3 is 10.6 Å². The summed E-state index contributed by atoms with van der Waals surface area (Å²) in [6, 6.07) is 0.346. The molecule has 1 aliphatic rings. The summed E-state index contributed by atoms with van der Waals surface area (Å²) in [6.07, 6.45) is 1.95. The minimum absolute atomic E-state index is 0.184. The van der Waals surface area contributed by atoms with Gasteiger partial charge in [0.25, 0.3) is 0 Å². The fourth-order valence-electron chi connectivity index (χ4n) is 1.32. The van der Waals surface area contributed by atoms with Crippen molar-refractivity contribution in [2.45, 2.75) is 39.7 Å². The predicted molar refractivity (Wildman–Crippen MR) is 53.5 cm³/mol. The van der Waals surface area contributed by atoms with Crippen LogP contribution in [0.25, 0.3) is 0 Å². The van der Waals surface area contributed by atoms with Crippen molar-refractivity contribution in [1.82, 2.24) is 10.6 Å². The molecule has 1 aliphatic heterocycles. The second kappa shape index (κ2) is 4.09. The Morgan fingerprint density at radius 2 is 2.31 bits per heavy atom. The van der Waals surface area contributed by atoms with E-state index in [2.05, 4.69) is 10.6 Å². The van der Waals surface area contributed by atoms with Gasteiger partial charge in [-0.1, -0.05) is 20.8 Å². The fraction of sp³-hybridized carbons (Fsp3) is 0.900. The first-order chi connectivity index (χ1) is 6.06. The highest BCUT2D eigenvalue weighted by atomic mass is 16.2. The largest absolute Gasteiger partial charge is 0.352 e. The molecule has 1 amide bonds. The zero-order valence-electron chi connectivity index (χ0n) is 8.81. The number of hydrogen-bond acceptors (Lipinski definition) is 2. The van der Waals surface area contributed by atoms with E-state index in [1.807, 2.05) is 20.8 Å². The molecule has 1 fully saturated rings. The number of rotatable bonds is 3. The highest BCUT2D eigenvalue weighted by molar-refractivity contribution is 5.82. The lowest BCUT2D eigenvalue weighted by Crippen LogP contribution is -2.43. The van der Waals surface area contributed by atoms with Crippen molar-refractivity contribution in [3.05, 3.63) is 0 Å². The Kier molecular flexibility index (Phi) is 3.31. The maximum atomic E-state index is 11.7. The van der Waals surface area contributed by atoms with Gasteiger partial charge in [-0.3, -0.25) is 4.79 Å². The van der Waals surface area contributed by atoms with E-state index in [0.29, 0.717) is 6.04 Å². The molecule has 1 atom stereocenters. The van der Waals surface area contributed by atoms with E-state index in [0.717, 1.165) is 25.9 Å². The van der Waals surface area contributed by atoms with Crippen LogP contribution in [-0.2, 0) is 4.79 Å². The van der Waals surface area contributed by atoms with E-state index in [1.54, 1.807) is 0 Å². The van der Waals surface area contributed by atoms with Gasteiger partial charge in [-0.15, -0.1) is 0 Å². The Morgan fingerprint density at radius 3 is 2.77 bits per heavy atom. The number of nitrogens with one attached hydrogen (secondary N) is 2. The summed E-state index contributed by atoms with van der Waals surface area (Å²) in [6.45, 7) is 7.98. The maximum Gasteiger partial charge on any atom is 0.225 e. The van der Waals surface area contributed by atoms with E-state index in [4.69, 9.17) is 0 Å². The molecule has 0 saturated carbocycles. The van der Waals surface area contributed by atoms with Crippen LogP contribution in [0.4, 0.5) is 0 Å². The first-order valence-corrected chi connectivity index (χ1v) is 5.08. The Bertz CT molecular complexity index is 183. The Hall–Kier alpha value is -0.570. The van der Waals surface area contributed by atoms with Crippen LogP contribution in [-0.4, -0.2) is 25.0 Å². The van der Waals surface area contributed by atoms with Crippen molar-refractivity contribution in [2.24, 2.45) is 5.41 Å². The molecule has 13 heavy (non-hydrogen) atoms. The molecule has 1 heterocycles. The van der Waals surface area contributed by atoms with Crippen molar-refractivity contribution in [3.8, 4) is 0 Å². The van der Waals surface area contributed by atoms with Crippen molar-refractivity contribution in [2.75, 3.05) is 13.1 Å². The number of hydrogen-bond donors (Lipinski definition) is 2. The predicted octanol–water partition coefficient (Wildman–Crippen LogP) is 0.901. The van der Waals surface area contributed by atoms with E-state index >= 15 is 0 Å². The molecule has 2 N–H and O–H groups in total. The lowest BCUT2D eigenvalue weighted by Gasteiger charge is -2.23. The zero-order chi connectivity index (χ0) is 9.90. The topological polar surface area (TPSA) is 41.1 Å². The third-order valence-corrected chi connectivity index (χ3v) is 2.89. The molecule has 0 aliphatic carbocycles. The summed E-state index contributed by atoms with van der Waals surface area (Å²) in [5.74, 6) is 0.184. The molecule has 0 aromatic rings. The second-order valence-corrected chi connectivity index (χ2v) is 4.40. The van der Waals surface area contributed by atoms with Gasteiger partial charge in [0, 0.05) is 18.0 Å². The van der Waals surface area contributed by atoms with E-state index in [9.17, 15) is 4.79 Å². The second-order valence-electron chi connectivity index (χ2n) is 4.40. The lowest BCUT2D eigenvalue weighted by atomic mass is 9.89. The maximum absolute atomic E-state index is 11.7. The zero-order valence-corrected chi connectivity index (χ0v) is 8.81. The van der Waals surface area contributed by atoms with Crippen LogP contribution < -0.4 is 10.6 Å². The average Bonchev–Trinajstić information content (AvgIpc) is 2.57. The van der Waals surface area contributed by atoms with Gasteiger partial charge in [-0.05, 0) is 19.4 Å². The molecule has 1 saturated heterocycles. The SMILES string of the molecule is CCC(C)(C)C(=O)N[C@H]1CCNC1. The number of carbonyl (C=O) groups excluding carboxylic acids is 1. The first kappa shape index (κ1) is 10.5. The molecule has 1 rings (SSSR count). The molecule has 0 radical (unpaired) electrons. The standard InChI is InChI=1S/C10H20N2O/c1-4-10(2,3)9(13)12-8-5-6-11-7-8/h8,11H,4-7H2,1-3H3,(H,12,13)/t8-/m0/s1. The van der Waals surface area contributed by atoms with Gasteiger partial charge >= 0.3 is 0 Å². The van der Waals surface area contributed by atoms with E-state index in [1.165, 1.54) is 0 Å². The summed E-state index contributed by atoms with van der Waals surface area (Å²) in [5.41, 5.74) is -0.220. The van der Waals surface area contributed by atoms with Crippen molar-refractivity contribution in [1.29, 1.82) is 0 Å². The summed E-state index contributed by atoms with van der Waals surface area (Å²) in [5, 5.41) is 6.30. The summed E-state index contributed by atoms with van der Waals surface area (Å²) in [7, 11) is 0. The van der Waals surface area contributed by atoms with Gasteiger partial charge in [0.1, 0.15) is 0 Å². The van der Waals surface area contributed by atoms with E-state index < -0.39 is 0 Å². The van der Waals surface area contributed by atoms with Crippen molar-refractivity contribution < 1.29 is 4.79 Å². The highest BCUT2D eigenvalue weighted by Gasteiger charge is 2.27. The molecular weight excluding hydrogens is 164 g/mol. The van der Waals surface area contributed by atoms with Crippen LogP contribution in [0.15, 0.2) is 0 Å². The molecule has 0 unspecified atom stereocenters. The molecule has 76 valence electrons. The molecule has 0 spiro atoms. The Labute approximate surface area is 80.3 Å². The number of carbonyl (C=O) groups is 1. The van der Waals surface area contributed by atoms with Crippen LogP contribution in [0, 0.1) is 5.41 Å².